The number of aryl methyl sites for hydroxylation is 1. The summed E-state index contributed by atoms with van der Waals surface area (Å²) in [7, 11) is 1.68. The summed E-state index contributed by atoms with van der Waals surface area (Å²) >= 11 is 0. The molecular formula is C17H21NO2. The number of hydrogen-bond donors (Lipinski definition) is 1. The predicted octanol–water partition coefficient (Wildman–Crippen LogP) is 3.17. The summed E-state index contributed by atoms with van der Waals surface area (Å²) in [5, 5.41) is 0. The van der Waals surface area contributed by atoms with Crippen LogP contribution in [0.15, 0.2) is 48.5 Å². The van der Waals surface area contributed by atoms with Crippen molar-refractivity contribution in [1.82, 2.24) is 0 Å². The summed E-state index contributed by atoms with van der Waals surface area (Å²) < 4.78 is 11.4. The molecule has 0 fully saturated rings. The van der Waals surface area contributed by atoms with Gasteiger partial charge >= 0.3 is 0 Å². The highest BCUT2D eigenvalue weighted by Crippen LogP contribution is 2.32. The third-order valence-electron chi connectivity index (χ3n) is 3.15. The third kappa shape index (κ3) is 3.75. The van der Waals surface area contributed by atoms with Crippen molar-refractivity contribution in [3.63, 3.8) is 0 Å². The minimum Gasteiger partial charge on any atom is -0.493 e. The van der Waals surface area contributed by atoms with Gasteiger partial charge in [0.2, 0.25) is 0 Å². The van der Waals surface area contributed by atoms with Gasteiger partial charge in [0.15, 0.2) is 11.5 Å². The Kier molecular flexibility index (Phi) is 5.44. The van der Waals surface area contributed by atoms with Crippen molar-refractivity contribution in [3.05, 3.63) is 59.7 Å². The van der Waals surface area contributed by atoms with Crippen LogP contribution in [-0.2, 0) is 13.0 Å². The summed E-state index contributed by atoms with van der Waals surface area (Å²) in [6.07, 6.45) is 1.85. The molecule has 0 bridgehead atoms. The van der Waals surface area contributed by atoms with Gasteiger partial charge in [0.05, 0.1) is 7.11 Å². The lowest BCUT2D eigenvalue weighted by Crippen LogP contribution is -2.03. The van der Waals surface area contributed by atoms with E-state index in [4.69, 9.17) is 15.2 Å². The van der Waals surface area contributed by atoms with E-state index in [9.17, 15) is 0 Å². The van der Waals surface area contributed by atoms with E-state index in [0.29, 0.717) is 13.2 Å². The van der Waals surface area contributed by atoms with Gasteiger partial charge in [0.25, 0.3) is 0 Å². The fraction of sp³-hybridized carbons (Fsp3) is 0.294. The number of hydrogen-bond acceptors (Lipinski definition) is 3. The van der Waals surface area contributed by atoms with Crippen molar-refractivity contribution in [2.45, 2.75) is 19.4 Å². The number of nitrogens with two attached hydrogens (primary N) is 1. The average molecular weight is 271 g/mol. The lowest BCUT2D eigenvalue weighted by Gasteiger charge is -2.14. The zero-order chi connectivity index (χ0) is 14.2. The van der Waals surface area contributed by atoms with E-state index < -0.39 is 0 Å². The Bertz CT molecular complexity index is 526. The SMILES string of the molecule is COc1c(CCCN)cccc1OCc1ccccc1. The molecule has 0 saturated carbocycles. The maximum Gasteiger partial charge on any atom is 0.163 e. The Balaban J connectivity index is 2.10. The van der Waals surface area contributed by atoms with Crippen molar-refractivity contribution >= 4 is 0 Å². The van der Waals surface area contributed by atoms with Crippen LogP contribution in [0.4, 0.5) is 0 Å². The molecule has 0 aromatic heterocycles. The smallest absolute Gasteiger partial charge is 0.163 e. The van der Waals surface area contributed by atoms with Crippen LogP contribution in [0.2, 0.25) is 0 Å². The van der Waals surface area contributed by atoms with Gasteiger partial charge in [-0.05, 0) is 36.6 Å². The van der Waals surface area contributed by atoms with E-state index in [0.717, 1.165) is 35.5 Å². The van der Waals surface area contributed by atoms with Gasteiger partial charge in [-0.25, -0.2) is 0 Å². The number of rotatable bonds is 7. The minimum atomic E-state index is 0.539. The van der Waals surface area contributed by atoms with Gasteiger partial charge in [-0.3, -0.25) is 0 Å². The Morgan fingerprint density at radius 2 is 1.80 bits per heavy atom. The molecule has 2 N–H and O–H groups in total. The quantitative estimate of drug-likeness (QED) is 0.841. The highest BCUT2D eigenvalue weighted by atomic mass is 16.5. The number of ether oxygens (including phenoxy) is 2. The van der Waals surface area contributed by atoms with Crippen LogP contribution >= 0.6 is 0 Å². The zero-order valence-electron chi connectivity index (χ0n) is 11.8. The standard InChI is InChI=1S/C17H21NO2/c1-19-17-15(10-6-12-18)9-5-11-16(17)20-13-14-7-3-2-4-8-14/h2-5,7-9,11H,6,10,12-13,18H2,1H3. The average Bonchev–Trinajstić information content (AvgIpc) is 2.51. The molecular weight excluding hydrogens is 250 g/mol. The molecule has 2 rings (SSSR count). The van der Waals surface area contributed by atoms with Gasteiger partial charge in [-0.2, -0.15) is 0 Å². The van der Waals surface area contributed by atoms with E-state index >= 15 is 0 Å². The first-order chi connectivity index (χ1) is 9.85. The van der Waals surface area contributed by atoms with E-state index in [2.05, 4.69) is 6.07 Å². The second-order valence-corrected chi connectivity index (χ2v) is 4.62. The Hall–Kier alpha value is -2.00. The molecule has 106 valence electrons. The van der Waals surface area contributed by atoms with E-state index in [1.54, 1.807) is 7.11 Å². The Morgan fingerprint density at radius 3 is 2.50 bits per heavy atom. The van der Waals surface area contributed by atoms with Crippen LogP contribution in [0.5, 0.6) is 11.5 Å². The van der Waals surface area contributed by atoms with Gasteiger partial charge < -0.3 is 15.2 Å². The molecule has 0 aliphatic rings. The third-order valence-corrected chi connectivity index (χ3v) is 3.15. The van der Waals surface area contributed by atoms with E-state index in [-0.39, 0.29) is 0 Å². The molecule has 0 amide bonds. The summed E-state index contributed by atoms with van der Waals surface area (Å²) in [6, 6.07) is 16.1. The molecule has 0 heterocycles. The molecule has 3 heteroatoms. The van der Waals surface area contributed by atoms with Crippen molar-refractivity contribution < 1.29 is 9.47 Å². The molecule has 0 aliphatic carbocycles. The Morgan fingerprint density at radius 1 is 1.00 bits per heavy atom. The minimum absolute atomic E-state index is 0.539. The van der Waals surface area contributed by atoms with Gasteiger partial charge in [0.1, 0.15) is 6.61 Å². The summed E-state index contributed by atoms with van der Waals surface area (Å²) in [6.45, 7) is 1.22. The van der Waals surface area contributed by atoms with Gasteiger partial charge in [-0.1, -0.05) is 42.5 Å². The largest absolute Gasteiger partial charge is 0.493 e. The highest BCUT2D eigenvalue weighted by Gasteiger charge is 2.09. The van der Waals surface area contributed by atoms with Crippen molar-refractivity contribution in [2.24, 2.45) is 5.73 Å². The van der Waals surface area contributed by atoms with Gasteiger partial charge in [0, 0.05) is 0 Å². The van der Waals surface area contributed by atoms with Crippen molar-refractivity contribution in [1.29, 1.82) is 0 Å². The van der Waals surface area contributed by atoms with Crippen LogP contribution in [0.3, 0.4) is 0 Å². The topological polar surface area (TPSA) is 44.5 Å². The van der Waals surface area contributed by atoms with E-state index in [1.807, 2.05) is 42.5 Å². The maximum atomic E-state index is 5.88. The molecule has 0 radical (unpaired) electrons. The first-order valence-corrected chi connectivity index (χ1v) is 6.88. The zero-order valence-corrected chi connectivity index (χ0v) is 11.8. The molecule has 0 saturated heterocycles. The molecule has 3 nitrogen and oxygen atoms in total. The first-order valence-electron chi connectivity index (χ1n) is 6.88. The molecule has 2 aromatic carbocycles. The maximum absolute atomic E-state index is 5.88. The van der Waals surface area contributed by atoms with Crippen LogP contribution in [0.1, 0.15) is 17.5 Å². The molecule has 20 heavy (non-hydrogen) atoms. The van der Waals surface area contributed by atoms with Crippen molar-refractivity contribution in [2.75, 3.05) is 13.7 Å². The molecule has 0 atom stereocenters. The molecule has 0 unspecified atom stereocenters. The fourth-order valence-corrected chi connectivity index (χ4v) is 2.13. The summed E-state index contributed by atoms with van der Waals surface area (Å²) in [5.74, 6) is 1.60. The Labute approximate surface area is 120 Å². The lowest BCUT2D eigenvalue weighted by molar-refractivity contribution is 0.283. The lowest BCUT2D eigenvalue weighted by atomic mass is 10.1. The fourth-order valence-electron chi connectivity index (χ4n) is 2.13. The second-order valence-electron chi connectivity index (χ2n) is 4.62. The molecule has 0 aliphatic heterocycles. The van der Waals surface area contributed by atoms with Crippen LogP contribution in [0.25, 0.3) is 0 Å². The predicted molar refractivity (Wildman–Crippen MR) is 81.1 cm³/mol. The molecule has 0 spiro atoms. The summed E-state index contributed by atoms with van der Waals surface area (Å²) in [4.78, 5) is 0. The molecule has 2 aromatic rings. The highest BCUT2D eigenvalue weighted by molar-refractivity contribution is 5.46. The summed E-state index contributed by atoms with van der Waals surface area (Å²) in [5.41, 5.74) is 7.85. The first kappa shape index (κ1) is 14.4. The second kappa shape index (κ2) is 7.56. The number of methoxy groups -OCH3 is 1. The normalized spacial score (nSPS) is 10.3. The monoisotopic (exact) mass is 271 g/mol. The van der Waals surface area contributed by atoms with E-state index in [1.165, 1.54) is 0 Å². The number of para-hydroxylation sites is 1. The van der Waals surface area contributed by atoms with Crippen LogP contribution in [0, 0.1) is 0 Å². The number of benzene rings is 2. The van der Waals surface area contributed by atoms with Crippen molar-refractivity contribution in [3.8, 4) is 11.5 Å². The van der Waals surface area contributed by atoms with Gasteiger partial charge in [-0.15, -0.1) is 0 Å². The van der Waals surface area contributed by atoms with Crippen LogP contribution < -0.4 is 15.2 Å². The van der Waals surface area contributed by atoms with Crippen LogP contribution in [-0.4, -0.2) is 13.7 Å².